The molecule has 1 aliphatic rings. The summed E-state index contributed by atoms with van der Waals surface area (Å²) in [5.74, 6) is 0.825. The fourth-order valence-corrected chi connectivity index (χ4v) is 5.36. The Morgan fingerprint density at radius 1 is 1.41 bits per heavy atom. The van der Waals surface area contributed by atoms with Crippen molar-refractivity contribution in [1.82, 2.24) is 9.55 Å². The second kappa shape index (κ2) is 8.00. The van der Waals surface area contributed by atoms with Crippen LogP contribution in [0.4, 0.5) is 0 Å². The minimum atomic E-state index is 0.00608. The van der Waals surface area contributed by atoms with E-state index in [4.69, 9.17) is 9.72 Å². The van der Waals surface area contributed by atoms with Crippen molar-refractivity contribution in [1.29, 1.82) is 0 Å². The molecule has 0 saturated carbocycles. The first-order valence-corrected chi connectivity index (χ1v) is 11.0. The Hall–Kier alpha value is -1.89. The van der Waals surface area contributed by atoms with Crippen LogP contribution in [0.1, 0.15) is 18.4 Å². The van der Waals surface area contributed by atoms with E-state index in [0.717, 1.165) is 46.3 Å². The Morgan fingerprint density at radius 3 is 2.93 bits per heavy atom. The smallest absolute Gasteiger partial charge is 0.263 e. The molecule has 1 saturated heterocycles. The van der Waals surface area contributed by atoms with Crippen molar-refractivity contribution in [3.8, 4) is 11.1 Å². The molecule has 140 valence electrons. The molecule has 6 heteroatoms. The molecule has 0 aliphatic carbocycles. The highest BCUT2D eigenvalue weighted by Gasteiger charge is 2.20. The van der Waals surface area contributed by atoms with Crippen LogP contribution in [0.3, 0.4) is 0 Å². The molecule has 4 nitrogen and oxygen atoms in total. The zero-order chi connectivity index (χ0) is 18.8. The summed E-state index contributed by atoms with van der Waals surface area (Å²) in [4.78, 5) is 18.9. The SMILES string of the molecule is C=CCn1c(SC[C@@H]2CCCO2)nc2scc(-c3ccc(C)cc3)c2c1=O. The molecule has 1 fully saturated rings. The lowest BCUT2D eigenvalue weighted by Gasteiger charge is -2.13. The number of nitrogens with zero attached hydrogens (tertiary/aromatic N) is 2. The van der Waals surface area contributed by atoms with Crippen LogP contribution in [0.25, 0.3) is 21.3 Å². The molecule has 1 aromatic carbocycles. The molecule has 0 amide bonds. The number of rotatable bonds is 6. The molecule has 2 aromatic heterocycles. The van der Waals surface area contributed by atoms with E-state index < -0.39 is 0 Å². The van der Waals surface area contributed by atoms with Crippen molar-refractivity contribution in [3.63, 3.8) is 0 Å². The van der Waals surface area contributed by atoms with Gasteiger partial charge in [-0.1, -0.05) is 47.7 Å². The zero-order valence-corrected chi connectivity index (χ0v) is 16.9. The molecule has 0 radical (unpaired) electrons. The van der Waals surface area contributed by atoms with Gasteiger partial charge in [0, 0.05) is 29.8 Å². The van der Waals surface area contributed by atoms with Gasteiger partial charge in [-0.3, -0.25) is 9.36 Å². The average molecular weight is 399 g/mol. The van der Waals surface area contributed by atoms with Gasteiger partial charge in [0.2, 0.25) is 0 Å². The third kappa shape index (κ3) is 3.74. The predicted molar refractivity (Wildman–Crippen MR) is 114 cm³/mol. The summed E-state index contributed by atoms with van der Waals surface area (Å²) in [6.07, 6.45) is 4.20. The number of aromatic nitrogens is 2. The van der Waals surface area contributed by atoms with E-state index in [9.17, 15) is 4.79 Å². The Morgan fingerprint density at radius 2 is 2.22 bits per heavy atom. The van der Waals surface area contributed by atoms with Gasteiger partial charge in [0.15, 0.2) is 5.16 Å². The van der Waals surface area contributed by atoms with Crippen LogP contribution in [0.2, 0.25) is 0 Å². The molecule has 3 heterocycles. The van der Waals surface area contributed by atoms with Crippen molar-refractivity contribution in [2.75, 3.05) is 12.4 Å². The highest BCUT2D eigenvalue weighted by Crippen LogP contribution is 2.32. The van der Waals surface area contributed by atoms with Crippen LogP contribution in [0.5, 0.6) is 0 Å². The van der Waals surface area contributed by atoms with Crippen LogP contribution in [0, 0.1) is 6.92 Å². The quantitative estimate of drug-likeness (QED) is 0.337. The highest BCUT2D eigenvalue weighted by molar-refractivity contribution is 7.99. The number of thiophene rings is 1. The van der Waals surface area contributed by atoms with Gasteiger partial charge in [-0.05, 0) is 25.3 Å². The lowest BCUT2D eigenvalue weighted by atomic mass is 10.1. The lowest BCUT2D eigenvalue weighted by Crippen LogP contribution is -2.23. The van der Waals surface area contributed by atoms with Gasteiger partial charge in [0.1, 0.15) is 4.83 Å². The molecule has 0 spiro atoms. The maximum atomic E-state index is 13.3. The summed E-state index contributed by atoms with van der Waals surface area (Å²) in [5, 5.41) is 3.49. The lowest BCUT2D eigenvalue weighted by molar-refractivity contribution is 0.129. The first kappa shape index (κ1) is 18.5. The fourth-order valence-electron chi connectivity index (χ4n) is 3.29. The van der Waals surface area contributed by atoms with Crippen LogP contribution in [0.15, 0.2) is 52.3 Å². The Kier molecular flexibility index (Phi) is 5.48. The molecule has 4 rings (SSSR count). The third-order valence-corrected chi connectivity index (χ3v) is 6.74. The Labute approximate surface area is 166 Å². The highest BCUT2D eigenvalue weighted by atomic mass is 32.2. The maximum absolute atomic E-state index is 13.3. The van der Waals surface area contributed by atoms with E-state index in [1.165, 1.54) is 16.9 Å². The Bertz CT molecular complexity index is 1020. The summed E-state index contributed by atoms with van der Waals surface area (Å²) in [6, 6.07) is 8.27. The Balaban J connectivity index is 1.76. The summed E-state index contributed by atoms with van der Waals surface area (Å²) in [6.45, 7) is 7.17. The molecular weight excluding hydrogens is 376 g/mol. The summed E-state index contributed by atoms with van der Waals surface area (Å²) in [7, 11) is 0. The van der Waals surface area contributed by atoms with E-state index in [-0.39, 0.29) is 11.7 Å². The van der Waals surface area contributed by atoms with Gasteiger partial charge in [-0.15, -0.1) is 17.9 Å². The summed E-state index contributed by atoms with van der Waals surface area (Å²) < 4.78 is 7.45. The maximum Gasteiger partial charge on any atom is 0.263 e. The van der Waals surface area contributed by atoms with Crippen molar-refractivity contribution in [2.45, 2.75) is 37.6 Å². The number of hydrogen-bond acceptors (Lipinski definition) is 5. The van der Waals surface area contributed by atoms with Crippen molar-refractivity contribution >= 4 is 33.3 Å². The van der Waals surface area contributed by atoms with E-state index in [0.29, 0.717) is 11.9 Å². The molecule has 0 unspecified atom stereocenters. The molecule has 0 N–H and O–H groups in total. The van der Waals surface area contributed by atoms with Gasteiger partial charge >= 0.3 is 0 Å². The van der Waals surface area contributed by atoms with Gasteiger partial charge in [0.05, 0.1) is 11.5 Å². The number of ether oxygens (including phenoxy) is 1. The molecular formula is C21H22N2O2S2. The van der Waals surface area contributed by atoms with Crippen LogP contribution in [-0.2, 0) is 11.3 Å². The molecule has 1 atom stereocenters. The molecule has 27 heavy (non-hydrogen) atoms. The van der Waals surface area contributed by atoms with Crippen molar-refractivity contribution in [2.24, 2.45) is 0 Å². The zero-order valence-electron chi connectivity index (χ0n) is 15.3. The number of fused-ring (bicyclic) bond motifs is 1. The standard InChI is InChI=1S/C21H22N2O2S2/c1-3-10-23-20(24)18-17(15-8-6-14(2)7-9-15)13-26-19(18)22-21(23)27-12-16-5-4-11-25-16/h3,6-9,13,16H,1,4-5,10-12H2,2H3/t16-/m0/s1. The molecule has 1 aliphatic heterocycles. The van der Waals surface area contributed by atoms with Crippen LogP contribution >= 0.6 is 23.1 Å². The largest absolute Gasteiger partial charge is 0.377 e. The number of aryl methyl sites for hydroxylation is 1. The minimum absolute atomic E-state index is 0.00608. The summed E-state index contributed by atoms with van der Waals surface area (Å²) >= 11 is 3.14. The van der Waals surface area contributed by atoms with E-state index in [1.54, 1.807) is 22.4 Å². The number of hydrogen-bond donors (Lipinski definition) is 0. The number of allylic oxidation sites excluding steroid dienone is 1. The van der Waals surface area contributed by atoms with Gasteiger partial charge < -0.3 is 4.74 Å². The van der Waals surface area contributed by atoms with E-state index >= 15 is 0 Å². The minimum Gasteiger partial charge on any atom is -0.377 e. The van der Waals surface area contributed by atoms with Crippen LogP contribution in [-0.4, -0.2) is 28.0 Å². The van der Waals surface area contributed by atoms with Crippen LogP contribution < -0.4 is 5.56 Å². The summed E-state index contributed by atoms with van der Waals surface area (Å²) in [5.41, 5.74) is 3.22. The normalized spacial score (nSPS) is 16.9. The predicted octanol–water partition coefficient (Wildman–Crippen LogP) is 4.89. The monoisotopic (exact) mass is 398 g/mol. The van der Waals surface area contributed by atoms with Crippen molar-refractivity contribution < 1.29 is 4.74 Å². The average Bonchev–Trinajstić information content (AvgIpc) is 3.33. The van der Waals surface area contributed by atoms with E-state index in [2.05, 4.69) is 37.8 Å². The first-order valence-electron chi connectivity index (χ1n) is 9.11. The second-order valence-electron chi connectivity index (χ2n) is 6.74. The molecule has 3 aromatic rings. The first-order chi connectivity index (χ1) is 13.2. The van der Waals surface area contributed by atoms with E-state index in [1.807, 2.05) is 5.38 Å². The topological polar surface area (TPSA) is 44.1 Å². The second-order valence-corrected chi connectivity index (χ2v) is 8.59. The number of thioether (sulfide) groups is 1. The number of benzene rings is 1. The van der Waals surface area contributed by atoms with Gasteiger partial charge in [-0.2, -0.15) is 0 Å². The molecule has 0 bridgehead atoms. The third-order valence-electron chi connectivity index (χ3n) is 4.76. The van der Waals surface area contributed by atoms with Gasteiger partial charge in [0.25, 0.3) is 5.56 Å². The van der Waals surface area contributed by atoms with Gasteiger partial charge in [-0.25, -0.2) is 4.98 Å². The fraction of sp³-hybridized carbons (Fsp3) is 0.333. The van der Waals surface area contributed by atoms with Crippen molar-refractivity contribution in [3.05, 3.63) is 58.2 Å².